The van der Waals surface area contributed by atoms with E-state index in [4.69, 9.17) is 26.3 Å². The second-order valence-electron chi connectivity index (χ2n) is 8.63. The molecule has 3 saturated heterocycles. The Morgan fingerprint density at radius 3 is 2.33 bits per heavy atom. The summed E-state index contributed by atoms with van der Waals surface area (Å²) in [6.07, 6.45) is 5.50. The molecular formula is C23H28ClN7O2. The lowest BCUT2D eigenvalue weighted by Crippen LogP contribution is -2.48. The molecule has 0 amide bonds. The number of nitrogens with zero attached hydrogens (tertiary/aromatic N) is 7. The number of rotatable bonds is 4. The van der Waals surface area contributed by atoms with Crippen molar-refractivity contribution >= 4 is 29.1 Å². The van der Waals surface area contributed by atoms with Gasteiger partial charge >= 0.3 is 0 Å². The highest BCUT2D eigenvalue weighted by Gasteiger charge is 2.32. The fourth-order valence-corrected chi connectivity index (χ4v) is 5.16. The number of hydrogen-bond acceptors (Lipinski definition) is 9. The molecule has 2 aromatic rings. The molecule has 10 heteroatoms. The monoisotopic (exact) mass is 469 g/mol. The van der Waals surface area contributed by atoms with Gasteiger partial charge in [-0.25, -0.2) is 15.0 Å². The first-order chi connectivity index (χ1) is 16.2. The molecule has 2 aromatic heterocycles. The van der Waals surface area contributed by atoms with E-state index in [1.165, 1.54) is 0 Å². The van der Waals surface area contributed by atoms with E-state index in [0.29, 0.717) is 23.1 Å². The van der Waals surface area contributed by atoms with Gasteiger partial charge in [0, 0.05) is 58.7 Å². The van der Waals surface area contributed by atoms with Gasteiger partial charge in [0.2, 0.25) is 0 Å². The standard InChI is InChI=1S/C23H28ClN7O2/c24-21-22(30-7-5-29(6-8-30)20-2-1-17(13-25)14-26-20)27-16-28-23(21)31-9-12-33-19(15-31)18-3-10-32-11-4-18/h1-2,14,16,18-19H,3-12,15H2. The second-order valence-corrected chi connectivity index (χ2v) is 9.01. The van der Waals surface area contributed by atoms with Crippen molar-refractivity contribution in [2.45, 2.75) is 18.9 Å². The molecule has 3 aliphatic heterocycles. The molecule has 0 N–H and O–H groups in total. The Morgan fingerprint density at radius 2 is 1.64 bits per heavy atom. The van der Waals surface area contributed by atoms with Gasteiger partial charge < -0.3 is 24.2 Å². The first-order valence-corrected chi connectivity index (χ1v) is 11.9. The van der Waals surface area contributed by atoms with Crippen LogP contribution in [-0.2, 0) is 9.47 Å². The average Bonchev–Trinajstić information content (AvgIpc) is 2.90. The second kappa shape index (κ2) is 10.1. The van der Waals surface area contributed by atoms with Crippen LogP contribution in [0.15, 0.2) is 24.7 Å². The molecule has 174 valence electrons. The van der Waals surface area contributed by atoms with E-state index in [9.17, 15) is 0 Å². The number of halogens is 1. The predicted octanol–water partition coefficient (Wildman–Crippen LogP) is 2.36. The van der Waals surface area contributed by atoms with Crippen LogP contribution in [0, 0.1) is 17.2 Å². The highest BCUT2D eigenvalue weighted by Crippen LogP contribution is 2.34. The largest absolute Gasteiger partial charge is 0.381 e. The summed E-state index contributed by atoms with van der Waals surface area (Å²) < 4.78 is 11.6. The third-order valence-electron chi connectivity index (χ3n) is 6.72. The van der Waals surface area contributed by atoms with Crippen molar-refractivity contribution in [1.29, 1.82) is 5.26 Å². The molecule has 0 saturated carbocycles. The van der Waals surface area contributed by atoms with Gasteiger partial charge in [-0.1, -0.05) is 11.6 Å². The molecular weight excluding hydrogens is 442 g/mol. The summed E-state index contributed by atoms with van der Waals surface area (Å²) >= 11 is 6.87. The Hall–Kier alpha value is -2.67. The van der Waals surface area contributed by atoms with E-state index in [2.05, 4.69) is 35.7 Å². The minimum absolute atomic E-state index is 0.181. The molecule has 0 radical (unpaired) electrons. The molecule has 0 aliphatic carbocycles. The Kier molecular flexibility index (Phi) is 6.76. The van der Waals surface area contributed by atoms with Crippen LogP contribution < -0.4 is 14.7 Å². The molecule has 3 fully saturated rings. The lowest BCUT2D eigenvalue weighted by atomic mass is 9.93. The van der Waals surface area contributed by atoms with E-state index >= 15 is 0 Å². The summed E-state index contributed by atoms with van der Waals surface area (Å²) in [4.78, 5) is 20.2. The Balaban J connectivity index is 1.25. The zero-order valence-electron chi connectivity index (χ0n) is 18.6. The SMILES string of the molecule is N#Cc1ccc(N2CCN(c3ncnc(N4CCOC(C5CCOCC5)C4)c3Cl)CC2)nc1. The molecule has 3 aliphatic rings. The summed E-state index contributed by atoms with van der Waals surface area (Å²) in [5, 5.41) is 9.58. The van der Waals surface area contributed by atoms with Crippen molar-refractivity contribution in [2.75, 3.05) is 73.8 Å². The van der Waals surface area contributed by atoms with Gasteiger partial charge in [0.1, 0.15) is 23.2 Å². The van der Waals surface area contributed by atoms with Crippen LogP contribution in [0.1, 0.15) is 18.4 Å². The summed E-state index contributed by atoms with van der Waals surface area (Å²) in [6, 6.07) is 5.81. The Labute approximate surface area is 198 Å². The zero-order chi connectivity index (χ0) is 22.6. The van der Waals surface area contributed by atoms with Crippen LogP contribution >= 0.6 is 11.6 Å². The van der Waals surface area contributed by atoms with E-state index in [0.717, 1.165) is 82.8 Å². The number of morpholine rings is 1. The Bertz CT molecular complexity index is 985. The van der Waals surface area contributed by atoms with Gasteiger partial charge in [-0.2, -0.15) is 5.26 Å². The fraction of sp³-hybridized carbons (Fsp3) is 0.565. The molecule has 0 aromatic carbocycles. The summed E-state index contributed by atoms with van der Waals surface area (Å²) in [7, 11) is 0. The van der Waals surface area contributed by atoms with Crippen molar-refractivity contribution in [3.8, 4) is 6.07 Å². The van der Waals surface area contributed by atoms with Gasteiger partial charge in [-0.05, 0) is 30.9 Å². The van der Waals surface area contributed by atoms with Crippen LogP contribution in [0.25, 0.3) is 0 Å². The third kappa shape index (κ3) is 4.83. The summed E-state index contributed by atoms with van der Waals surface area (Å²) in [5.74, 6) is 2.97. The lowest BCUT2D eigenvalue weighted by Gasteiger charge is -2.40. The van der Waals surface area contributed by atoms with Gasteiger partial charge in [0.15, 0.2) is 11.6 Å². The van der Waals surface area contributed by atoms with Crippen LogP contribution in [0.2, 0.25) is 5.02 Å². The smallest absolute Gasteiger partial charge is 0.153 e. The van der Waals surface area contributed by atoms with Crippen LogP contribution in [0.5, 0.6) is 0 Å². The van der Waals surface area contributed by atoms with Gasteiger partial charge in [-0.3, -0.25) is 0 Å². The molecule has 1 unspecified atom stereocenters. The first kappa shape index (κ1) is 22.1. The number of ether oxygens (including phenoxy) is 2. The van der Waals surface area contributed by atoms with Crippen LogP contribution in [-0.4, -0.2) is 80.1 Å². The topological polar surface area (TPSA) is 90.6 Å². The number of hydrogen-bond donors (Lipinski definition) is 0. The van der Waals surface area contributed by atoms with Crippen molar-refractivity contribution in [3.63, 3.8) is 0 Å². The van der Waals surface area contributed by atoms with Gasteiger partial charge in [-0.15, -0.1) is 0 Å². The normalized spacial score (nSPS) is 22.3. The molecule has 1 atom stereocenters. The van der Waals surface area contributed by atoms with E-state index in [-0.39, 0.29) is 6.10 Å². The number of piperazine rings is 1. The number of anilines is 3. The van der Waals surface area contributed by atoms with E-state index in [1.807, 2.05) is 6.07 Å². The van der Waals surface area contributed by atoms with Crippen LogP contribution in [0.4, 0.5) is 17.5 Å². The zero-order valence-corrected chi connectivity index (χ0v) is 19.3. The maximum absolute atomic E-state index is 8.97. The van der Waals surface area contributed by atoms with Crippen molar-refractivity contribution in [1.82, 2.24) is 15.0 Å². The summed E-state index contributed by atoms with van der Waals surface area (Å²) in [5.41, 5.74) is 0.569. The molecule has 5 rings (SSSR count). The molecule has 33 heavy (non-hydrogen) atoms. The maximum atomic E-state index is 8.97. The van der Waals surface area contributed by atoms with E-state index < -0.39 is 0 Å². The van der Waals surface area contributed by atoms with Crippen molar-refractivity contribution < 1.29 is 9.47 Å². The molecule has 0 spiro atoms. The number of nitriles is 1. The first-order valence-electron chi connectivity index (χ1n) is 11.5. The van der Waals surface area contributed by atoms with Gasteiger partial charge in [0.25, 0.3) is 0 Å². The fourth-order valence-electron chi connectivity index (χ4n) is 4.82. The molecule has 5 heterocycles. The average molecular weight is 470 g/mol. The maximum Gasteiger partial charge on any atom is 0.153 e. The van der Waals surface area contributed by atoms with E-state index in [1.54, 1.807) is 18.6 Å². The minimum atomic E-state index is 0.181. The predicted molar refractivity (Wildman–Crippen MR) is 126 cm³/mol. The van der Waals surface area contributed by atoms with Crippen LogP contribution in [0.3, 0.4) is 0 Å². The lowest BCUT2D eigenvalue weighted by molar-refractivity contribution is -0.0400. The number of aromatic nitrogens is 3. The van der Waals surface area contributed by atoms with Crippen molar-refractivity contribution in [3.05, 3.63) is 35.2 Å². The highest BCUT2D eigenvalue weighted by atomic mass is 35.5. The quantitative estimate of drug-likeness (QED) is 0.669. The molecule has 0 bridgehead atoms. The van der Waals surface area contributed by atoms with Gasteiger partial charge in [0.05, 0.1) is 18.3 Å². The minimum Gasteiger partial charge on any atom is -0.381 e. The summed E-state index contributed by atoms with van der Waals surface area (Å²) in [6.45, 7) is 7.04. The number of pyridine rings is 1. The third-order valence-corrected chi connectivity index (χ3v) is 7.06. The highest BCUT2D eigenvalue weighted by molar-refractivity contribution is 6.35. The Morgan fingerprint density at radius 1 is 0.909 bits per heavy atom. The van der Waals surface area contributed by atoms with Crippen molar-refractivity contribution in [2.24, 2.45) is 5.92 Å². The molecule has 9 nitrogen and oxygen atoms in total.